The largest absolute Gasteiger partial charge is 0.291 e. The number of carbonyl (C=O) groups excluding carboxylic acids is 1. The molecular formula is C10H10BrClO3S. The Labute approximate surface area is 108 Å². The van der Waals surface area contributed by atoms with Crippen molar-refractivity contribution in [3.8, 4) is 0 Å². The van der Waals surface area contributed by atoms with Gasteiger partial charge in [-0.15, -0.1) is 0 Å². The van der Waals surface area contributed by atoms with Crippen LogP contribution >= 0.6 is 27.5 Å². The lowest BCUT2D eigenvalue weighted by molar-refractivity contribution is 0.0983. The zero-order valence-corrected chi connectivity index (χ0v) is 11.9. The van der Waals surface area contributed by atoms with Crippen molar-refractivity contribution in [2.75, 3.05) is 6.26 Å². The molecule has 1 rings (SSSR count). The lowest BCUT2D eigenvalue weighted by atomic mass is 10.1. The summed E-state index contributed by atoms with van der Waals surface area (Å²) in [4.78, 5) is 12.0. The van der Waals surface area contributed by atoms with Gasteiger partial charge in [0.25, 0.3) is 0 Å². The van der Waals surface area contributed by atoms with E-state index in [1.807, 2.05) is 0 Å². The van der Waals surface area contributed by atoms with Crippen molar-refractivity contribution < 1.29 is 13.2 Å². The van der Waals surface area contributed by atoms with Gasteiger partial charge in [-0.1, -0.05) is 27.5 Å². The van der Waals surface area contributed by atoms with Crippen molar-refractivity contribution in [3.05, 3.63) is 34.9 Å². The van der Waals surface area contributed by atoms with Crippen LogP contribution in [0, 0.1) is 0 Å². The average molecular weight is 326 g/mol. The zero-order chi connectivity index (χ0) is 12.6. The Morgan fingerprint density at radius 2 is 1.75 bits per heavy atom. The van der Waals surface area contributed by atoms with Gasteiger partial charge >= 0.3 is 0 Å². The summed E-state index contributed by atoms with van der Waals surface area (Å²) in [7, 11) is -3.53. The van der Waals surface area contributed by atoms with Crippen LogP contribution in [-0.2, 0) is 9.84 Å². The molecule has 0 unspecified atom stereocenters. The van der Waals surface area contributed by atoms with E-state index in [1.54, 1.807) is 12.1 Å². The molecule has 0 amide bonds. The maximum Gasteiger partial charge on any atom is 0.194 e. The smallest absolute Gasteiger partial charge is 0.194 e. The lowest BCUT2D eigenvalue weighted by Gasteiger charge is -2.18. The van der Waals surface area contributed by atoms with Crippen LogP contribution < -0.4 is 0 Å². The van der Waals surface area contributed by atoms with Crippen molar-refractivity contribution in [2.24, 2.45) is 0 Å². The summed E-state index contributed by atoms with van der Waals surface area (Å²) in [6.45, 7) is 1.32. The molecule has 0 N–H and O–H groups in total. The molecule has 0 saturated carbocycles. The predicted molar refractivity (Wildman–Crippen MR) is 68.0 cm³/mol. The van der Waals surface area contributed by atoms with Crippen molar-refractivity contribution >= 4 is 43.2 Å². The van der Waals surface area contributed by atoms with Crippen LogP contribution in [0.5, 0.6) is 0 Å². The highest BCUT2D eigenvalue weighted by molar-refractivity contribution is 9.12. The zero-order valence-electron chi connectivity index (χ0n) is 8.70. The number of carbonyl (C=O) groups is 1. The molecule has 0 radical (unpaired) electrons. The normalized spacial score (nSPS) is 15.5. The molecule has 1 aromatic rings. The van der Waals surface area contributed by atoms with E-state index >= 15 is 0 Å². The number of benzene rings is 1. The van der Waals surface area contributed by atoms with Gasteiger partial charge in [-0.2, -0.15) is 0 Å². The molecule has 0 spiro atoms. The number of halogens is 2. The molecule has 0 fully saturated rings. The van der Waals surface area contributed by atoms with Gasteiger partial charge in [0.2, 0.25) is 0 Å². The maximum absolute atomic E-state index is 12.0. The molecule has 0 heterocycles. The molecule has 0 aliphatic heterocycles. The molecule has 1 atom stereocenters. The van der Waals surface area contributed by atoms with Crippen LogP contribution in [-0.4, -0.2) is 24.1 Å². The Balaban J connectivity index is 3.18. The predicted octanol–water partition coefficient (Wildman–Crippen LogP) is 2.68. The number of ketones is 1. The van der Waals surface area contributed by atoms with Crippen LogP contribution in [0.4, 0.5) is 0 Å². The highest BCUT2D eigenvalue weighted by Gasteiger charge is 2.41. The number of alkyl halides is 1. The van der Waals surface area contributed by atoms with E-state index in [1.165, 1.54) is 19.1 Å². The maximum atomic E-state index is 12.0. The van der Waals surface area contributed by atoms with E-state index in [4.69, 9.17) is 11.6 Å². The Bertz CT molecular complexity index is 505. The standard InChI is InChI=1S/C10H10BrClO3S/c1-10(11,16(2,14)15)9(13)7-3-5-8(12)6-4-7/h3-6H,1-2H3/t10-/m0/s1. The Hall–Kier alpha value is -0.390. The van der Waals surface area contributed by atoms with E-state index in [9.17, 15) is 13.2 Å². The minimum Gasteiger partial charge on any atom is -0.291 e. The summed E-state index contributed by atoms with van der Waals surface area (Å²) in [6.07, 6.45) is 1.01. The second-order valence-electron chi connectivity index (χ2n) is 3.52. The Morgan fingerprint density at radius 1 is 1.31 bits per heavy atom. The molecule has 0 bridgehead atoms. The third kappa shape index (κ3) is 2.64. The van der Waals surface area contributed by atoms with Crippen LogP contribution in [0.25, 0.3) is 0 Å². The molecule has 0 saturated heterocycles. The van der Waals surface area contributed by atoms with Crippen LogP contribution in [0.15, 0.2) is 24.3 Å². The van der Waals surface area contributed by atoms with Gasteiger partial charge in [-0.05, 0) is 31.2 Å². The van der Waals surface area contributed by atoms with E-state index in [-0.39, 0.29) is 0 Å². The van der Waals surface area contributed by atoms with Gasteiger partial charge in [0.05, 0.1) is 0 Å². The molecule has 0 aliphatic rings. The van der Waals surface area contributed by atoms with Gasteiger partial charge in [-0.3, -0.25) is 4.79 Å². The Kier molecular flexibility index (Phi) is 3.82. The van der Waals surface area contributed by atoms with E-state index in [0.717, 1.165) is 6.26 Å². The topological polar surface area (TPSA) is 51.2 Å². The summed E-state index contributed by atoms with van der Waals surface area (Å²) < 4.78 is 21.3. The summed E-state index contributed by atoms with van der Waals surface area (Å²) in [6, 6.07) is 6.07. The van der Waals surface area contributed by atoms with Crippen molar-refractivity contribution in [1.29, 1.82) is 0 Å². The molecule has 3 nitrogen and oxygen atoms in total. The molecule has 6 heteroatoms. The SMILES string of the molecule is C[C@@](Br)(C(=O)c1ccc(Cl)cc1)S(C)(=O)=O. The van der Waals surface area contributed by atoms with E-state index < -0.39 is 19.3 Å². The first-order valence-corrected chi connectivity index (χ1v) is 7.41. The van der Waals surface area contributed by atoms with Crippen LogP contribution in [0.2, 0.25) is 5.02 Å². The first-order chi connectivity index (χ1) is 7.16. The van der Waals surface area contributed by atoms with Gasteiger partial charge in [0.1, 0.15) is 0 Å². The van der Waals surface area contributed by atoms with E-state index in [0.29, 0.717) is 10.6 Å². The van der Waals surface area contributed by atoms with Gasteiger partial charge in [0.15, 0.2) is 19.3 Å². The number of hydrogen-bond donors (Lipinski definition) is 0. The number of hydrogen-bond acceptors (Lipinski definition) is 3. The van der Waals surface area contributed by atoms with Crippen LogP contribution in [0.3, 0.4) is 0 Å². The van der Waals surface area contributed by atoms with E-state index in [2.05, 4.69) is 15.9 Å². The molecule has 1 aromatic carbocycles. The number of sulfone groups is 1. The number of Topliss-reactive ketones (excluding diaryl/α,β-unsaturated/α-hetero) is 1. The third-order valence-corrected chi connectivity index (χ3v) is 6.16. The van der Waals surface area contributed by atoms with Gasteiger partial charge in [-0.25, -0.2) is 8.42 Å². The summed E-state index contributed by atoms with van der Waals surface area (Å²) in [5.74, 6) is -0.508. The van der Waals surface area contributed by atoms with Crippen molar-refractivity contribution in [3.63, 3.8) is 0 Å². The fraction of sp³-hybridized carbons (Fsp3) is 0.300. The first-order valence-electron chi connectivity index (χ1n) is 4.35. The van der Waals surface area contributed by atoms with Crippen molar-refractivity contribution in [1.82, 2.24) is 0 Å². The Morgan fingerprint density at radius 3 is 2.12 bits per heavy atom. The summed E-state index contributed by atoms with van der Waals surface area (Å²) >= 11 is 8.63. The summed E-state index contributed by atoms with van der Waals surface area (Å²) in [5, 5.41) is 0.493. The second kappa shape index (κ2) is 4.47. The fourth-order valence-electron chi connectivity index (χ4n) is 1.03. The molecule has 88 valence electrons. The summed E-state index contributed by atoms with van der Waals surface area (Å²) in [5.41, 5.74) is 0.300. The molecule has 16 heavy (non-hydrogen) atoms. The molecule has 0 aliphatic carbocycles. The highest BCUT2D eigenvalue weighted by atomic mass is 79.9. The lowest BCUT2D eigenvalue weighted by Crippen LogP contribution is -2.36. The number of rotatable bonds is 3. The first kappa shape index (κ1) is 13.7. The second-order valence-corrected chi connectivity index (χ2v) is 8.43. The monoisotopic (exact) mass is 324 g/mol. The quantitative estimate of drug-likeness (QED) is 0.634. The third-order valence-electron chi connectivity index (χ3n) is 2.21. The van der Waals surface area contributed by atoms with Crippen molar-refractivity contribution in [2.45, 2.75) is 10.6 Å². The minimum atomic E-state index is -3.53. The van der Waals surface area contributed by atoms with Gasteiger partial charge < -0.3 is 0 Å². The van der Waals surface area contributed by atoms with Gasteiger partial charge in [0, 0.05) is 16.8 Å². The minimum absolute atomic E-state index is 0.300. The fourth-order valence-corrected chi connectivity index (χ4v) is 1.84. The van der Waals surface area contributed by atoms with Crippen LogP contribution in [0.1, 0.15) is 17.3 Å². The molecular weight excluding hydrogens is 316 g/mol. The highest BCUT2D eigenvalue weighted by Crippen LogP contribution is 2.29. The molecule has 0 aromatic heterocycles. The average Bonchev–Trinajstić information content (AvgIpc) is 2.16.